The number of nitrogens with zero attached hydrogens (tertiary/aromatic N) is 5. The second-order valence-corrected chi connectivity index (χ2v) is 8.89. The van der Waals surface area contributed by atoms with E-state index in [9.17, 15) is 13.6 Å². The molecule has 1 aliphatic heterocycles. The molecule has 0 saturated carbocycles. The lowest BCUT2D eigenvalue weighted by molar-refractivity contribution is 0.199. The molecule has 0 spiro atoms. The summed E-state index contributed by atoms with van der Waals surface area (Å²) in [5.74, 6) is -0.903. The van der Waals surface area contributed by atoms with Gasteiger partial charge >= 0.3 is 6.01 Å². The third kappa shape index (κ3) is 4.54. The Bertz CT molecular complexity index is 1420. The van der Waals surface area contributed by atoms with Crippen LogP contribution in [0.2, 0.25) is 0 Å². The molecule has 7 nitrogen and oxygen atoms in total. The Morgan fingerprint density at radius 3 is 2.44 bits per heavy atom. The number of piperidine rings is 1. The predicted octanol–water partition coefficient (Wildman–Crippen LogP) is 5.13. The summed E-state index contributed by atoms with van der Waals surface area (Å²) in [6, 6.07) is 13.7. The summed E-state index contributed by atoms with van der Waals surface area (Å²) in [6.07, 6.45) is 3.26. The first-order valence-corrected chi connectivity index (χ1v) is 12.0. The van der Waals surface area contributed by atoms with Crippen LogP contribution in [-0.2, 0) is 6.54 Å². The minimum absolute atomic E-state index is 0.00671. The lowest BCUT2D eigenvalue weighted by Crippen LogP contribution is -2.35. The zero-order chi connectivity index (χ0) is 25.2. The van der Waals surface area contributed by atoms with Crippen molar-refractivity contribution in [1.82, 2.24) is 24.2 Å². The standard InChI is InChI=1S/C27H27F2N5O2/c1-3-33-26(35)24(18-8-10-19(28)11-9-18)25(34(33)20-13-16-32(2)17-14-20)22-12-15-30-27(31-22)36-23-7-5-4-6-21(23)29/h4-12,15,20H,3,13-14,16-17H2,1-2H3. The van der Waals surface area contributed by atoms with Gasteiger partial charge in [-0.1, -0.05) is 24.3 Å². The number of rotatable bonds is 6. The number of para-hydroxylation sites is 1. The van der Waals surface area contributed by atoms with Crippen molar-refractivity contribution in [2.24, 2.45) is 0 Å². The first kappa shape index (κ1) is 23.9. The number of benzene rings is 2. The molecule has 0 bridgehead atoms. The summed E-state index contributed by atoms with van der Waals surface area (Å²) in [7, 11) is 2.08. The second-order valence-electron chi connectivity index (χ2n) is 8.89. The van der Waals surface area contributed by atoms with Crippen molar-refractivity contribution < 1.29 is 13.5 Å². The molecular weight excluding hydrogens is 464 g/mol. The van der Waals surface area contributed by atoms with Crippen LogP contribution in [0.3, 0.4) is 0 Å². The number of hydrogen-bond acceptors (Lipinski definition) is 5. The largest absolute Gasteiger partial charge is 0.421 e. The Balaban J connectivity index is 1.69. The van der Waals surface area contributed by atoms with E-state index >= 15 is 0 Å². The lowest BCUT2D eigenvalue weighted by atomic mass is 10.0. The van der Waals surface area contributed by atoms with E-state index in [1.54, 1.807) is 35.0 Å². The molecule has 3 heterocycles. The minimum atomic E-state index is -0.529. The number of halogens is 2. The normalized spacial score (nSPS) is 14.8. The van der Waals surface area contributed by atoms with Crippen molar-refractivity contribution >= 4 is 0 Å². The topological polar surface area (TPSA) is 65.2 Å². The van der Waals surface area contributed by atoms with Crippen LogP contribution in [0.15, 0.2) is 65.6 Å². The average Bonchev–Trinajstić information content (AvgIpc) is 3.18. The molecule has 0 unspecified atom stereocenters. The molecule has 1 saturated heterocycles. The quantitative estimate of drug-likeness (QED) is 0.374. The van der Waals surface area contributed by atoms with Crippen LogP contribution in [-0.4, -0.2) is 44.4 Å². The van der Waals surface area contributed by atoms with E-state index in [4.69, 9.17) is 4.74 Å². The summed E-state index contributed by atoms with van der Waals surface area (Å²) in [5, 5.41) is 0. The van der Waals surface area contributed by atoms with Crippen LogP contribution in [0.5, 0.6) is 11.8 Å². The fourth-order valence-corrected chi connectivity index (χ4v) is 4.75. The van der Waals surface area contributed by atoms with Gasteiger partial charge in [-0.25, -0.2) is 18.4 Å². The maximum Gasteiger partial charge on any atom is 0.322 e. The van der Waals surface area contributed by atoms with Gasteiger partial charge in [0.1, 0.15) is 5.82 Å². The van der Waals surface area contributed by atoms with E-state index < -0.39 is 5.82 Å². The molecule has 4 aromatic rings. The molecule has 1 fully saturated rings. The van der Waals surface area contributed by atoms with Crippen molar-refractivity contribution in [3.8, 4) is 34.3 Å². The average molecular weight is 492 g/mol. The molecule has 9 heteroatoms. The summed E-state index contributed by atoms with van der Waals surface area (Å²) >= 11 is 0. The van der Waals surface area contributed by atoms with Crippen LogP contribution in [0, 0.1) is 11.6 Å². The summed E-state index contributed by atoms with van der Waals surface area (Å²) in [6.45, 7) is 4.19. The lowest BCUT2D eigenvalue weighted by Gasteiger charge is -2.32. The van der Waals surface area contributed by atoms with Crippen molar-refractivity contribution in [1.29, 1.82) is 0 Å². The third-order valence-electron chi connectivity index (χ3n) is 6.55. The van der Waals surface area contributed by atoms with Gasteiger partial charge in [-0.15, -0.1) is 0 Å². The zero-order valence-corrected chi connectivity index (χ0v) is 20.2. The highest BCUT2D eigenvalue weighted by atomic mass is 19.1. The highest BCUT2D eigenvalue weighted by Gasteiger charge is 2.29. The van der Waals surface area contributed by atoms with Gasteiger partial charge in [0.2, 0.25) is 0 Å². The summed E-state index contributed by atoms with van der Waals surface area (Å²) in [5.41, 5.74) is 1.95. The van der Waals surface area contributed by atoms with E-state index in [1.165, 1.54) is 30.5 Å². The van der Waals surface area contributed by atoms with Crippen LogP contribution in [0.4, 0.5) is 8.78 Å². The van der Waals surface area contributed by atoms with Crippen LogP contribution < -0.4 is 10.3 Å². The van der Waals surface area contributed by atoms with Gasteiger partial charge in [0, 0.05) is 12.7 Å². The van der Waals surface area contributed by atoms with E-state index in [2.05, 4.69) is 21.9 Å². The number of hydrogen-bond donors (Lipinski definition) is 0. The van der Waals surface area contributed by atoms with Crippen LogP contribution in [0.1, 0.15) is 25.8 Å². The number of ether oxygens (including phenoxy) is 1. The van der Waals surface area contributed by atoms with Gasteiger partial charge in [0.25, 0.3) is 5.56 Å². The fourth-order valence-electron chi connectivity index (χ4n) is 4.75. The summed E-state index contributed by atoms with van der Waals surface area (Å²) < 4.78 is 37.3. The molecule has 186 valence electrons. The maximum absolute atomic E-state index is 14.2. The van der Waals surface area contributed by atoms with Crippen LogP contribution in [0.25, 0.3) is 22.5 Å². The fraction of sp³-hybridized carbons (Fsp3) is 0.296. The Hall–Kier alpha value is -3.85. The van der Waals surface area contributed by atoms with Crippen molar-refractivity contribution in [3.63, 3.8) is 0 Å². The Kier molecular flexibility index (Phi) is 6.65. The number of aromatic nitrogens is 4. The third-order valence-corrected chi connectivity index (χ3v) is 6.55. The molecule has 36 heavy (non-hydrogen) atoms. The van der Waals surface area contributed by atoms with Gasteiger partial charge in [0.05, 0.1) is 23.0 Å². The Labute approximate surface area is 207 Å². The van der Waals surface area contributed by atoms with Gasteiger partial charge in [-0.3, -0.25) is 9.48 Å². The van der Waals surface area contributed by atoms with Gasteiger partial charge < -0.3 is 9.64 Å². The van der Waals surface area contributed by atoms with Crippen molar-refractivity contribution in [2.45, 2.75) is 32.4 Å². The molecule has 1 aliphatic rings. The SMILES string of the molecule is CCn1c(=O)c(-c2ccc(F)cc2)c(-c2ccnc(Oc3ccccc3F)n2)n1C1CCN(C)CC1. The van der Waals surface area contributed by atoms with Crippen LogP contribution >= 0.6 is 0 Å². The Morgan fingerprint density at radius 2 is 1.75 bits per heavy atom. The first-order valence-electron chi connectivity index (χ1n) is 12.0. The smallest absolute Gasteiger partial charge is 0.322 e. The van der Waals surface area contributed by atoms with E-state index in [-0.39, 0.29) is 29.2 Å². The van der Waals surface area contributed by atoms with E-state index in [0.717, 1.165) is 25.9 Å². The van der Waals surface area contributed by atoms with Gasteiger partial charge in [0.15, 0.2) is 11.6 Å². The predicted molar refractivity (Wildman–Crippen MR) is 133 cm³/mol. The van der Waals surface area contributed by atoms with Gasteiger partial charge in [-0.2, -0.15) is 4.98 Å². The zero-order valence-electron chi connectivity index (χ0n) is 20.2. The van der Waals surface area contributed by atoms with Gasteiger partial charge in [-0.05, 0) is 75.8 Å². The van der Waals surface area contributed by atoms with E-state index in [0.29, 0.717) is 29.1 Å². The monoisotopic (exact) mass is 491 g/mol. The molecule has 0 N–H and O–H groups in total. The van der Waals surface area contributed by atoms with Crippen molar-refractivity contribution in [3.05, 3.63) is 82.8 Å². The number of likely N-dealkylation sites (tertiary alicyclic amines) is 1. The van der Waals surface area contributed by atoms with E-state index in [1.807, 2.05) is 11.6 Å². The second kappa shape index (κ2) is 10.0. The van der Waals surface area contributed by atoms with Crippen molar-refractivity contribution in [2.75, 3.05) is 20.1 Å². The molecule has 0 aliphatic carbocycles. The molecule has 2 aromatic carbocycles. The molecule has 5 rings (SSSR count). The Morgan fingerprint density at radius 1 is 1.03 bits per heavy atom. The summed E-state index contributed by atoms with van der Waals surface area (Å²) in [4.78, 5) is 24.8. The molecule has 0 radical (unpaired) electrons. The highest BCUT2D eigenvalue weighted by Crippen LogP contribution is 2.35. The highest BCUT2D eigenvalue weighted by molar-refractivity contribution is 5.79. The first-order chi connectivity index (χ1) is 17.5. The maximum atomic E-state index is 14.2. The molecular formula is C27H27F2N5O2. The molecule has 2 aromatic heterocycles. The molecule has 0 atom stereocenters. The minimum Gasteiger partial charge on any atom is -0.421 e. The molecule has 0 amide bonds.